The highest BCUT2D eigenvalue weighted by molar-refractivity contribution is 7.89. The second-order valence-electron chi connectivity index (χ2n) is 8.84. The summed E-state index contributed by atoms with van der Waals surface area (Å²) >= 11 is 0. The van der Waals surface area contributed by atoms with Gasteiger partial charge in [0.15, 0.2) is 11.5 Å². The van der Waals surface area contributed by atoms with E-state index in [4.69, 9.17) is 14.2 Å². The second kappa shape index (κ2) is 8.62. The molecule has 0 spiro atoms. The maximum absolute atomic E-state index is 13.8. The summed E-state index contributed by atoms with van der Waals surface area (Å²) in [7, 11) is -3.98. The molecule has 0 aromatic heterocycles. The molecule has 2 aromatic rings. The first-order chi connectivity index (χ1) is 15.8. The predicted molar refractivity (Wildman–Crippen MR) is 121 cm³/mol. The van der Waals surface area contributed by atoms with Gasteiger partial charge in [-0.3, -0.25) is 4.79 Å². The van der Waals surface area contributed by atoms with E-state index in [0.717, 1.165) is 11.1 Å². The number of rotatable bonds is 3. The minimum absolute atomic E-state index is 0.0904. The van der Waals surface area contributed by atoms with Gasteiger partial charge in [0.2, 0.25) is 15.9 Å². The molecular weight excluding hydrogens is 444 g/mol. The zero-order valence-corrected chi connectivity index (χ0v) is 19.6. The predicted octanol–water partition coefficient (Wildman–Crippen LogP) is 2.21. The number of morpholine rings is 1. The summed E-state index contributed by atoms with van der Waals surface area (Å²) in [6, 6.07) is 11.5. The van der Waals surface area contributed by atoms with E-state index in [1.165, 1.54) is 16.4 Å². The van der Waals surface area contributed by atoms with Crippen molar-refractivity contribution in [3.05, 3.63) is 53.6 Å². The molecule has 33 heavy (non-hydrogen) atoms. The first-order valence-corrected chi connectivity index (χ1v) is 12.7. The maximum Gasteiger partial charge on any atom is 0.244 e. The summed E-state index contributed by atoms with van der Waals surface area (Å²) in [4.78, 5) is 15.5. The molecule has 0 N–H and O–H groups in total. The lowest BCUT2D eigenvalue weighted by molar-refractivity contribution is -0.147. The molecule has 176 valence electrons. The third kappa shape index (κ3) is 4.20. The maximum atomic E-state index is 13.8. The summed E-state index contributed by atoms with van der Waals surface area (Å²) in [5.74, 6) is 0.735. The number of carbonyl (C=O) groups is 1. The Morgan fingerprint density at radius 2 is 1.61 bits per heavy atom. The summed E-state index contributed by atoms with van der Waals surface area (Å²) in [5, 5.41) is 0. The Labute approximate surface area is 194 Å². The fourth-order valence-electron chi connectivity index (χ4n) is 4.85. The molecule has 2 aromatic carbocycles. The molecule has 3 aliphatic rings. The third-order valence-corrected chi connectivity index (χ3v) is 8.19. The average Bonchev–Trinajstić information content (AvgIpc) is 2.81. The van der Waals surface area contributed by atoms with Crippen molar-refractivity contribution in [2.24, 2.45) is 0 Å². The van der Waals surface area contributed by atoms with E-state index < -0.39 is 16.1 Å². The van der Waals surface area contributed by atoms with E-state index in [0.29, 0.717) is 44.2 Å². The number of fused-ring (bicyclic) bond motifs is 2. The van der Waals surface area contributed by atoms with Gasteiger partial charge in [-0.25, -0.2) is 8.42 Å². The van der Waals surface area contributed by atoms with Crippen LogP contribution in [0.15, 0.2) is 47.4 Å². The SMILES string of the molecule is C[C@@H]1CN(C(=O)[C@H]2Cc3ccccc3CN2S(=O)(=O)c2ccc3c(c2)OCCO3)C[C@@H](C)O1. The van der Waals surface area contributed by atoms with Crippen molar-refractivity contribution in [1.82, 2.24) is 9.21 Å². The molecular formula is C24H28N2O6S. The van der Waals surface area contributed by atoms with E-state index >= 15 is 0 Å². The van der Waals surface area contributed by atoms with Crippen LogP contribution in [0, 0.1) is 0 Å². The summed E-state index contributed by atoms with van der Waals surface area (Å²) < 4.78 is 45.9. The molecule has 8 nitrogen and oxygen atoms in total. The number of nitrogens with zero attached hydrogens (tertiary/aromatic N) is 2. The van der Waals surface area contributed by atoms with E-state index in [9.17, 15) is 13.2 Å². The lowest BCUT2D eigenvalue weighted by Gasteiger charge is -2.41. The summed E-state index contributed by atoms with van der Waals surface area (Å²) in [6.07, 6.45) is 0.131. The zero-order chi connectivity index (χ0) is 23.2. The largest absolute Gasteiger partial charge is 0.486 e. The lowest BCUT2D eigenvalue weighted by Crippen LogP contribution is -2.57. The van der Waals surface area contributed by atoms with Crippen molar-refractivity contribution in [3.63, 3.8) is 0 Å². The van der Waals surface area contributed by atoms with Gasteiger partial charge in [-0.05, 0) is 43.5 Å². The number of benzene rings is 2. The van der Waals surface area contributed by atoms with Gasteiger partial charge in [0.25, 0.3) is 0 Å². The number of sulfonamides is 1. The molecule has 3 atom stereocenters. The molecule has 3 aliphatic heterocycles. The molecule has 9 heteroatoms. The molecule has 1 amide bonds. The van der Waals surface area contributed by atoms with Crippen molar-refractivity contribution in [1.29, 1.82) is 0 Å². The minimum atomic E-state index is -3.98. The van der Waals surface area contributed by atoms with Crippen LogP contribution in [0.25, 0.3) is 0 Å². The smallest absolute Gasteiger partial charge is 0.244 e. The highest BCUT2D eigenvalue weighted by Crippen LogP contribution is 2.36. The Hall–Kier alpha value is -2.62. The van der Waals surface area contributed by atoms with E-state index in [2.05, 4.69) is 0 Å². The van der Waals surface area contributed by atoms with Crippen LogP contribution in [-0.4, -0.2) is 68.1 Å². The normalized spacial score (nSPS) is 25.4. The Balaban J connectivity index is 1.52. The van der Waals surface area contributed by atoms with Gasteiger partial charge in [-0.15, -0.1) is 0 Å². The Bertz CT molecular complexity index is 1160. The van der Waals surface area contributed by atoms with Crippen molar-refractivity contribution in [3.8, 4) is 11.5 Å². The quantitative estimate of drug-likeness (QED) is 0.681. The molecule has 0 bridgehead atoms. The monoisotopic (exact) mass is 472 g/mol. The number of hydrogen-bond donors (Lipinski definition) is 0. The van der Waals surface area contributed by atoms with Gasteiger partial charge in [0.05, 0.1) is 17.1 Å². The molecule has 0 radical (unpaired) electrons. The first-order valence-electron chi connectivity index (χ1n) is 11.3. The van der Waals surface area contributed by atoms with E-state index in [1.807, 2.05) is 38.1 Å². The lowest BCUT2D eigenvalue weighted by atomic mass is 9.95. The zero-order valence-electron chi connectivity index (χ0n) is 18.8. The van der Waals surface area contributed by atoms with Crippen LogP contribution < -0.4 is 9.47 Å². The highest BCUT2D eigenvalue weighted by atomic mass is 32.2. The third-order valence-electron chi connectivity index (χ3n) is 6.34. The molecule has 0 aliphatic carbocycles. The van der Waals surface area contributed by atoms with Gasteiger partial charge >= 0.3 is 0 Å². The van der Waals surface area contributed by atoms with Crippen LogP contribution in [0.2, 0.25) is 0 Å². The van der Waals surface area contributed by atoms with Crippen LogP contribution in [-0.2, 0) is 32.5 Å². The molecule has 3 heterocycles. The van der Waals surface area contributed by atoms with Crippen LogP contribution in [0.4, 0.5) is 0 Å². The second-order valence-corrected chi connectivity index (χ2v) is 10.7. The van der Waals surface area contributed by atoms with Crippen molar-refractivity contribution in [2.75, 3.05) is 26.3 Å². The van der Waals surface area contributed by atoms with E-state index in [1.54, 1.807) is 11.0 Å². The van der Waals surface area contributed by atoms with Gasteiger partial charge in [-0.2, -0.15) is 4.31 Å². The van der Waals surface area contributed by atoms with Gasteiger partial charge in [-0.1, -0.05) is 24.3 Å². The van der Waals surface area contributed by atoms with Crippen molar-refractivity contribution >= 4 is 15.9 Å². The van der Waals surface area contributed by atoms with Gasteiger partial charge < -0.3 is 19.1 Å². The molecule has 5 rings (SSSR count). The topological polar surface area (TPSA) is 85.4 Å². The molecule has 1 saturated heterocycles. The average molecular weight is 473 g/mol. The number of carbonyl (C=O) groups excluding carboxylic acids is 1. The Morgan fingerprint density at radius 3 is 2.33 bits per heavy atom. The Kier molecular flexibility index (Phi) is 5.80. The van der Waals surface area contributed by atoms with E-state index in [-0.39, 0.29) is 29.6 Å². The van der Waals surface area contributed by atoms with Gasteiger partial charge in [0.1, 0.15) is 19.3 Å². The standard InChI is InChI=1S/C24H28N2O6S/c1-16-13-25(14-17(2)32-16)24(27)21-11-18-5-3-4-6-19(18)15-26(21)33(28,29)20-7-8-22-23(12-20)31-10-9-30-22/h3-8,12,16-17,21H,9-11,13-15H2,1-2H3/t16-,17-,21-/m1/s1. The number of ether oxygens (including phenoxy) is 3. The molecule has 1 fully saturated rings. The molecule has 0 unspecified atom stereocenters. The minimum Gasteiger partial charge on any atom is -0.486 e. The van der Waals surface area contributed by atoms with Crippen LogP contribution in [0.3, 0.4) is 0 Å². The van der Waals surface area contributed by atoms with Crippen LogP contribution >= 0.6 is 0 Å². The summed E-state index contributed by atoms with van der Waals surface area (Å²) in [6.45, 7) is 5.67. The van der Waals surface area contributed by atoms with Crippen molar-refractivity contribution < 1.29 is 27.4 Å². The first kappa shape index (κ1) is 22.2. The fraction of sp³-hybridized carbons (Fsp3) is 0.458. The number of amides is 1. The fourth-order valence-corrected chi connectivity index (χ4v) is 6.43. The summed E-state index contributed by atoms with van der Waals surface area (Å²) in [5.41, 5.74) is 1.91. The number of hydrogen-bond acceptors (Lipinski definition) is 6. The van der Waals surface area contributed by atoms with Gasteiger partial charge in [0, 0.05) is 25.7 Å². The van der Waals surface area contributed by atoms with Crippen LogP contribution in [0.5, 0.6) is 11.5 Å². The van der Waals surface area contributed by atoms with Crippen LogP contribution in [0.1, 0.15) is 25.0 Å². The Morgan fingerprint density at radius 1 is 0.939 bits per heavy atom. The highest BCUT2D eigenvalue weighted by Gasteiger charge is 2.42. The van der Waals surface area contributed by atoms with Crippen molar-refractivity contribution in [2.45, 2.75) is 50.0 Å². The molecule has 0 saturated carbocycles.